The molecule has 0 radical (unpaired) electrons. The summed E-state index contributed by atoms with van der Waals surface area (Å²) in [6.45, 7) is 2.96. The van der Waals surface area contributed by atoms with Gasteiger partial charge in [0.05, 0.1) is 0 Å². The van der Waals surface area contributed by atoms with Crippen LogP contribution in [0, 0.1) is 0 Å². The van der Waals surface area contributed by atoms with Crippen LogP contribution in [0.1, 0.15) is 18.4 Å². The van der Waals surface area contributed by atoms with Gasteiger partial charge in [0, 0.05) is 22.6 Å². The first kappa shape index (κ1) is 15.1. The van der Waals surface area contributed by atoms with Gasteiger partial charge in [-0.15, -0.1) is 12.4 Å². The normalized spacial score (nSPS) is 17.8. The molecule has 0 amide bonds. The molecule has 1 aromatic rings. The molecule has 17 heavy (non-hydrogen) atoms. The van der Waals surface area contributed by atoms with E-state index >= 15 is 0 Å². The highest BCUT2D eigenvalue weighted by atomic mass is 35.5. The lowest BCUT2D eigenvalue weighted by atomic mass is 10.1. The molecule has 0 saturated carbocycles. The minimum atomic E-state index is 0. The highest BCUT2D eigenvalue weighted by Gasteiger charge is 2.16. The van der Waals surface area contributed by atoms with E-state index in [1.54, 1.807) is 0 Å². The molecule has 0 unspecified atom stereocenters. The number of hydrogen-bond donors (Lipinski definition) is 1. The topological polar surface area (TPSA) is 29.3 Å². The fourth-order valence-electron chi connectivity index (χ4n) is 2.02. The Morgan fingerprint density at radius 2 is 1.88 bits per heavy atom. The van der Waals surface area contributed by atoms with Gasteiger partial charge in [-0.2, -0.15) is 0 Å². The van der Waals surface area contributed by atoms with E-state index in [0.717, 1.165) is 48.1 Å². The van der Waals surface area contributed by atoms with Crippen molar-refractivity contribution < 1.29 is 0 Å². The predicted molar refractivity (Wildman–Crippen MR) is 76.2 cm³/mol. The van der Waals surface area contributed by atoms with Gasteiger partial charge in [0.2, 0.25) is 0 Å². The van der Waals surface area contributed by atoms with Gasteiger partial charge in [-0.05, 0) is 49.7 Å². The van der Waals surface area contributed by atoms with Crippen LogP contribution in [0.2, 0.25) is 10.0 Å². The first-order valence-corrected chi connectivity index (χ1v) is 6.32. The summed E-state index contributed by atoms with van der Waals surface area (Å²) in [5.74, 6) is 0. The second-order valence-corrected chi connectivity index (χ2v) is 5.19. The molecule has 1 saturated heterocycles. The fourth-order valence-corrected chi connectivity index (χ4v) is 2.39. The van der Waals surface area contributed by atoms with Crippen LogP contribution in [0.5, 0.6) is 0 Å². The van der Waals surface area contributed by atoms with Crippen molar-refractivity contribution in [3.8, 4) is 0 Å². The average molecular weight is 296 g/mol. The molecule has 0 aromatic heterocycles. The van der Waals surface area contributed by atoms with Crippen molar-refractivity contribution in [3.63, 3.8) is 0 Å². The molecule has 1 heterocycles. The molecular weight excluding hydrogens is 279 g/mol. The van der Waals surface area contributed by atoms with Crippen molar-refractivity contribution in [2.45, 2.75) is 25.4 Å². The maximum absolute atomic E-state index is 6.13. The Balaban J connectivity index is 0.00000144. The lowest BCUT2D eigenvalue weighted by Crippen LogP contribution is -2.39. The van der Waals surface area contributed by atoms with E-state index < -0.39 is 0 Å². The summed E-state index contributed by atoms with van der Waals surface area (Å²) >= 11 is 12.1. The van der Waals surface area contributed by atoms with Gasteiger partial charge in [0.15, 0.2) is 0 Å². The average Bonchev–Trinajstić information content (AvgIpc) is 2.27. The summed E-state index contributed by atoms with van der Waals surface area (Å²) in [5.41, 5.74) is 6.97. The van der Waals surface area contributed by atoms with Gasteiger partial charge >= 0.3 is 0 Å². The van der Waals surface area contributed by atoms with Gasteiger partial charge < -0.3 is 5.73 Å². The molecule has 2 N–H and O–H groups in total. The van der Waals surface area contributed by atoms with Crippen molar-refractivity contribution in [2.75, 3.05) is 13.1 Å². The molecular formula is C12H17Cl3N2. The largest absolute Gasteiger partial charge is 0.328 e. The molecule has 0 bridgehead atoms. The Morgan fingerprint density at radius 1 is 1.24 bits per heavy atom. The van der Waals surface area contributed by atoms with Crippen LogP contribution in [0.4, 0.5) is 0 Å². The summed E-state index contributed by atoms with van der Waals surface area (Å²) in [5, 5.41) is 1.53. The van der Waals surface area contributed by atoms with Crippen molar-refractivity contribution >= 4 is 35.6 Å². The van der Waals surface area contributed by atoms with E-state index in [1.165, 1.54) is 0 Å². The van der Waals surface area contributed by atoms with Crippen LogP contribution in [-0.2, 0) is 6.54 Å². The zero-order valence-corrected chi connectivity index (χ0v) is 11.9. The zero-order chi connectivity index (χ0) is 11.5. The van der Waals surface area contributed by atoms with Gasteiger partial charge in [-0.25, -0.2) is 0 Å². The Morgan fingerprint density at radius 3 is 2.53 bits per heavy atom. The molecule has 1 aliphatic rings. The molecule has 1 aliphatic heterocycles. The number of rotatable bonds is 2. The maximum atomic E-state index is 6.13. The summed E-state index contributed by atoms with van der Waals surface area (Å²) in [6, 6.07) is 5.98. The Kier molecular flexibility index (Phi) is 6.04. The molecule has 96 valence electrons. The summed E-state index contributed by atoms with van der Waals surface area (Å²) < 4.78 is 0. The molecule has 0 spiro atoms. The van der Waals surface area contributed by atoms with Crippen LogP contribution in [-0.4, -0.2) is 24.0 Å². The zero-order valence-electron chi connectivity index (χ0n) is 9.53. The Bertz CT molecular complexity index is 363. The second-order valence-electron chi connectivity index (χ2n) is 4.35. The first-order valence-electron chi connectivity index (χ1n) is 5.57. The second kappa shape index (κ2) is 6.81. The highest BCUT2D eigenvalue weighted by Crippen LogP contribution is 2.23. The summed E-state index contributed by atoms with van der Waals surface area (Å²) in [6.07, 6.45) is 2.14. The minimum Gasteiger partial charge on any atom is -0.328 e. The van der Waals surface area contributed by atoms with Crippen LogP contribution in [0.25, 0.3) is 0 Å². The fraction of sp³-hybridized carbons (Fsp3) is 0.500. The number of likely N-dealkylation sites (tertiary alicyclic amines) is 1. The van der Waals surface area contributed by atoms with E-state index in [2.05, 4.69) is 4.90 Å². The van der Waals surface area contributed by atoms with Crippen LogP contribution < -0.4 is 5.73 Å². The third-order valence-electron chi connectivity index (χ3n) is 3.03. The quantitative estimate of drug-likeness (QED) is 0.907. The van der Waals surface area contributed by atoms with Crippen LogP contribution in [0.15, 0.2) is 18.2 Å². The van der Waals surface area contributed by atoms with E-state index in [9.17, 15) is 0 Å². The SMILES string of the molecule is Cl.NC1CCN(Cc2cc(Cl)ccc2Cl)CC1. The maximum Gasteiger partial charge on any atom is 0.0452 e. The monoisotopic (exact) mass is 294 g/mol. The van der Waals surface area contributed by atoms with E-state index in [-0.39, 0.29) is 12.4 Å². The standard InChI is InChI=1S/C12H16Cl2N2.ClH/c13-10-1-2-12(14)9(7-10)8-16-5-3-11(15)4-6-16;/h1-2,7,11H,3-6,8,15H2;1H. The number of nitrogens with two attached hydrogens (primary N) is 1. The molecule has 5 heteroatoms. The molecule has 2 nitrogen and oxygen atoms in total. The van der Waals surface area contributed by atoms with E-state index in [1.807, 2.05) is 18.2 Å². The third-order valence-corrected chi connectivity index (χ3v) is 3.64. The smallest absolute Gasteiger partial charge is 0.0452 e. The van der Waals surface area contributed by atoms with Gasteiger partial charge in [0.1, 0.15) is 0 Å². The van der Waals surface area contributed by atoms with Crippen molar-refractivity contribution in [2.24, 2.45) is 5.73 Å². The Hall–Kier alpha value is 0.01000. The highest BCUT2D eigenvalue weighted by molar-refractivity contribution is 6.33. The van der Waals surface area contributed by atoms with Crippen molar-refractivity contribution in [1.29, 1.82) is 0 Å². The van der Waals surface area contributed by atoms with Gasteiger partial charge in [-0.1, -0.05) is 23.2 Å². The Labute approximate surface area is 118 Å². The minimum absolute atomic E-state index is 0. The van der Waals surface area contributed by atoms with Crippen molar-refractivity contribution in [3.05, 3.63) is 33.8 Å². The number of nitrogens with zero attached hydrogens (tertiary/aromatic N) is 1. The lowest BCUT2D eigenvalue weighted by Gasteiger charge is -2.30. The van der Waals surface area contributed by atoms with E-state index in [4.69, 9.17) is 28.9 Å². The molecule has 2 rings (SSSR count). The molecule has 0 atom stereocenters. The number of piperidine rings is 1. The number of hydrogen-bond acceptors (Lipinski definition) is 2. The predicted octanol–water partition coefficient (Wildman–Crippen LogP) is 3.34. The number of benzene rings is 1. The molecule has 1 fully saturated rings. The van der Waals surface area contributed by atoms with E-state index in [0.29, 0.717) is 6.04 Å². The number of halogens is 3. The molecule has 1 aromatic carbocycles. The van der Waals surface area contributed by atoms with Crippen LogP contribution in [0.3, 0.4) is 0 Å². The van der Waals surface area contributed by atoms with Gasteiger partial charge in [-0.3, -0.25) is 4.90 Å². The van der Waals surface area contributed by atoms with Gasteiger partial charge in [0.25, 0.3) is 0 Å². The summed E-state index contributed by atoms with van der Waals surface area (Å²) in [4.78, 5) is 2.38. The molecule has 0 aliphatic carbocycles. The lowest BCUT2D eigenvalue weighted by molar-refractivity contribution is 0.205. The van der Waals surface area contributed by atoms with Crippen LogP contribution >= 0.6 is 35.6 Å². The summed E-state index contributed by atoms with van der Waals surface area (Å²) in [7, 11) is 0. The first-order chi connectivity index (χ1) is 7.65. The third kappa shape index (κ3) is 4.31. The van der Waals surface area contributed by atoms with Crippen molar-refractivity contribution in [1.82, 2.24) is 4.90 Å².